The van der Waals surface area contributed by atoms with Gasteiger partial charge in [-0.2, -0.15) is 0 Å². The van der Waals surface area contributed by atoms with Crippen molar-refractivity contribution in [3.63, 3.8) is 0 Å². The van der Waals surface area contributed by atoms with Gasteiger partial charge >= 0.3 is 0 Å². The van der Waals surface area contributed by atoms with Crippen LogP contribution in [0.2, 0.25) is 0 Å². The maximum atomic E-state index is 12.8. The zero-order valence-corrected chi connectivity index (χ0v) is 8.96. The first kappa shape index (κ1) is 10.6. The number of aliphatic hydroxyl groups excluding tert-OH is 1. The first-order valence-corrected chi connectivity index (χ1v) is 5.45. The molecule has 0 spiro atoms. The van der Waals surface area contributed by atoms with E-state index in [1.165, 1.54) is 0 Å². The Morgan fingerprint density at radius 2 is 2.33 bits per heavy atom. The summed E-state index contributed by atoms with van der Waals surface area (Å²) in [4.78, 5) is 4.35. The van der Waals surface area contributed by atoms with E-state index in [9.17, 15) is 9.50 Å². The minimum Gasteiger partial charge on any atom is -0.387 e. The van der Waals surface area contributed by atoms with Gasteiger partial charge < -0.3 is 5.11 Å². The van der Waals surface area contributed by atoms with E-state index in [-0.39, 0.29) is 0 Å². The minimum atomic E-state index is -0.507. The smallest absolute Gasteiger partial charge is 0.115 e. The van der Waals surface area contributed by atoms with Gasteiger partial charge in [-0.15, -0.1) is 0 Å². The van der Waals surface area contributed by atoms with E-state index in [2.05, 4.69) is 4.98 Å². The lowest BCUT2D eigenvalue weighted by molar-refractivity contribution is 0.161. The number of hydrogen-bond donors (Lipinski definition) is 1. The number of alkyl halides is 1. The molecule has 1 aliphatic carbocycles. The number of pyridine rings is 1. The van der Waals surface area contributed by atoms with E-state index >= 15 is 0 Å². The van der Waals surface area contributed by atoms with Gasteiger partial charge in [-0.3, -0.25) is 4.98 Å². The molecule has 3 heteroatoms. The Bertz CT molecular complexity index is 365. The Morgan fingerprint density at radius 1 is 1.53 bits per heavy atom. The third-order valence-corrected chi connectivity index (χ3v) is 2.99. The Labute approximate surface area is 89.2 Å². The van der Waals surface area contributed by atoms with E-state index in [4.69, 9.17) is 0 Å². The SMILES string of the molecule is Cc1cc(CF)c2c(n1)C(O)CCCC2. The number of rotatable bonds is 1. The quantitative estimate of drug-likeness (QED) is 0.721. The molecule has 0 bridgehead atoms. The fraction of sp³-hybridized carbons (Fsp3) is 0.583. The molecule has 1 aromatic rings. The van der Waals surface area contributed by atoms with Crippen LogP contribution >= 0.6 is 0 Å². The van der Waals surface area contributed by atoms with Gasteiger partial charge in [0.05, 0.1) is 11.8 Å². The van der Waals surface area contributed by atoms with Crippen molar-refractivity contribution in [2.24, 2.45) is 0 Å². The van der Waals surface area contributed by atoms with Crippen LogP contribution in [0, 0.1) is 6.92 Å². The highest BCUT2D eigenvalue weighted by Gasteiger charge is 2.20. The van der Waals surface area contributed by atoms with Crippen LogP contribution in [0.3, 0.4) is 0 Å². The van der Waals surface area contributed by atoms with Crippen LogP contribution in [-0.4, -0.2) is 10.1 Å². The molecule has 1 N–H and O–H groups in total. The molecule has 2 nitrogen and oxygen atoms in total. The standard InChI is InChI=1S/C12H16FNO/c1-8-6-9(7-13)10-4-2-3-5-11(15)12(10)14-8/h6,11,15H,2-5,7H2,1H3. The van der Waals surface area contributed by atoms with Crippen LogP contribution in [0.25, 0.3) is 0 Å². The van der Waals surface area contributed by atoms with Gasteiger partial charge in [0.25, 0.3) is 0 Å². The monoisotopic (exact) mass is 209 g/mol. The highest BCUT2D eigenvalue weighted by molar-refractivity contribution is 5.34. The van der Waals surface area contributed by atoms with Crippen molar-refractivity contribution in [2.75, 3.05) is 0 Å². The second-order valence-electron chi connectivity index (χ2n) is 4.18. The summed E-state index contributed by atoms with van der Waals surface area (Å²) in [6.45, 7) is 1.38. The highest BCUT2D eigenvalue weighted by Crippen LogP contribution is 2.30. The van der Waals surface area contributed by atoms with Crippen molar-refractivity contribution in [3.05, 3.63) is 28.6 Å². The number of aliphatic hydroxyl groups is 1. The number of nitrogens with zero attached hydrogens (tertiary/aromatic N) is 1. The number of halogens is 1. The molecule has 15 heavy (non-hydrogen) atoms. The fourth-order valence-electron chi connectivity index (χ4n) is 2.25. The molecular weight excluding hydrogens is 193 g/mol. The summed E-state index contributed by atoms with van der Waals surface area (Å²) >= 11 is 0. The number of aromatic nitrogens is 1. The van der Waals surface area contributed by atoms with Crippen LogP contribution in [0.5, 0.6) is 0 Å². The van der Waals surface area contributed by atoms with Gasteiger partial charge in [0.2, 0.25) is 0 Å². The lowest BCUT2D eigenvalue weighted by atomic mass is 10.0. The summed E-state index contributed by atoms with van der Waals surface area (Å²) in [5.41, 5.74) is 3.15. The molecule has 0 saturated carbocycles. The van der Waals surface area contributed by atoms with Crippen molar-refractivity contribution in [2.45, 2.75) is 45.4 Å². The predicted molar refractivity (Wildman–Crippen MR) is 56.3 cm³/mol. The molecule has 1 atom stereocenters. The molecule has 1 aliphatic rings. The predicted octanol–water partition coefficient (Wildman–Crippen LogP) is 2.62. The average Bonchev–Trinajstić information content (AvgIpc) is 2.40. The van der Waals surface area contributed by atoms with E-state index in [0.29, 0.717) is 11.3 Å². The van der Waals surface area contributed by atoms with Crippen molar-refractivity contribution in [1.29, 1.82) is 0 Å². The summed E-state index contributed by atoms with van der Waals surface area (Å²) in [7, 11) is 0. The van der Waals surface area contributed by atoms with E-state index in [1.807, 2.05) is 6.92 Å². The largest absolute Gasteiger partial charge is 0.387 e. The number of fused-ring (bicyclic) bond motifs is 1. The van der Waals surface area contributed by atoms with Crippen LogP contribution in [0.1, 0.15) is 47.9 Å². The maximum Gasteiger partial charge on any atom is 0.115 e. The van der Waals surface area contributed by atoms with E-state index in [0.717, 1.165) is 36.9 Å². The Hall–Kier alpha value is -0.960. The molecule has 1 heterocycles. The maximum absolute atomic E-state index is 12.8. The van der Waals surface area contributed by atoms with E-state index < -0.39 is 12.8 Å². The first-order valence-electron chi connectivity index (χ1n) is 5.45. The summed E-state index contributed by atoms with van der Waals surface area (Å²) in [5, 5.41) is 9.90. The molecule has 0 radical (unpaired) electrons. The molecule has 0 fully saturated rings. The van der Waals surface area contributed by atoms with Gasteiger partial charge in [-0.1, -0.05) is 6.42 Å². The fourth-order valence-corrected chi connectivity index (χ4v) is 2.25. The lowest BCUT2D eigenvalue weighted by Crippen LogP contribution is -2.06. The summed E-state index contributed by atoms with van der Waals surface area (Å²) in [5.74, 6) is 0. The third kappa shape index (κ3) is 2.02. The van der Waals surface area contributed by atoms with Gasteiger partial charge in [-0.05, 0) is 43.4 Å². The van der Waals surface area contributed by atoms with Gasteiger partial charge in [0.15, 0.2) is 0 Å². The molecule has 2 rings (SSSR count). The Kier molecular flexibility index (Phi) is 3.00. The summed E-state index contributed by atoms with van der Waals surface area (Å²) in [6.07, 6.45) is 3.09. The number of hydrogen-bond acceptors (Lipinski definition) is 2. The Balaban J connectivity index is 2.52. The molecule has 82 valence electrons. The van der Waals surface area contributed by atoms with Crippen molar-refractivity contribution < 1.29 is 9.50 Å². The molecule has 0 aromatic carbocycles. The van der Waals surface area contributed by atoms with Gasteiger partial charge in [0, 0.05) is 5.69 Å². The number of aryl methyl sites for hydroxylation is 1. The minimum absolute atomic E-state index is 0.460. The van der Waals surface area contributed by atoms with Gasteiger partial charge in [0.1, 0.15) is 6.67 Å². The molecule has 0 aliphatic heterocycles. The summed E-state index contributed by atoms with van der Waals surface area (Å²) in [6, 6.07) is 1.79. The van der Waals surface area contributed by atoms with Crippen LogP contribution < -0.4 is 0 Å². The second-order valence-corrected chi connectivity index (χ2v) is 4.18. The van der Waals surface area contributed by atoms with E-state index in [1.54, 1.807) is 6.07 Å². The first-order chi connectivity index (χ1) is 7.22. The molecule has 1 unspecified atom stereocenters. The lowest BCUT2D eigenvalue weighted by Gasteiger charge is -2.14. The average molecular weight is 209 g/mol. The Morgan fingerprint density at radius 3 is 3.07 bits per heavy atom. The van der Waals surface area contributed by atoms with Crippen LogP contribution in [0.15, 0.2) is 6.07 Å². The van der Waals surface area contributed by atoms with Crippen LogP contribution in [0.4, 0.5) is 4.39 Å². The summed E-state index contributed by atoms with van der Waals surface area (Å²) < 4.78 is 12.8. The van der Waals surface area contributed by atoms with Crippen molar-refractivity contribution >= 4 is 0 Å². The molecule has 0 saturated heterocycles. The third-order valence-electron chi connectivity index (χ3n) is 2.99. The zero-order valence-electron chi connectivity index (χ0n) is 8.96. The molecule has 0 amide bonds. The van der Waals surface area contributed by atoms with Gasteiger partial charge in [-0.25, -0.2) is 4.39 Å². The normalized spacial score (nSPS) is 20.9. The van der Waals surface area contributed by atoms with Crippen LogP contribution in [-0.2, 0) is 13.1 Å². The highest BCUT2D eigenvalue weighted by atomic mass is 19.1. The molecular formula is C12H16FNO. The zero-order chi connectivity index (χ0) is 10.8. The molecule has 1 aromatic heterocycles. The van der Waals surface area contributed by atoms with Crippen molar-refractivity contribution in [1.82, 2.24) is 4.98 Å². The topological polar surface area (TPSA) is 33.1 Å². The van der Waals surface area contributed by atoms with Crippen molar-refractivity contribution in [3.8, 4) is 0 Å². The second kappa shape index (κ2) is 4.27.